The third-order valence-electron chi connectivity index (χ3n) is 4.00. The number of anilines is 1. The first-order valence-electron chi connectivity index (χ1n) is 9.04. The van der Waals surface area contributed by atoms with Crippen LogP contribution in [0.2, 0.25) is 0 Å². The molecule has 1 amide bonds. The molecule has 0 unspecified atom stereocenters. The van der Waals surface area contributed by atoms with Crippen LogP contribution in [0.5, 0.6) is 0 Å². The van der Waals surface area contributed by atoms with Crippen molar-refractivity contribution in [2.75, 3.05) is 5.32 Å². The molecular weight excluding hydrogens is 456 g/mol. The molecule has 2 aromatic heterocycles. The van der Waals surface area contributed by atoms with Crippen molar-refractivity contribution in [1.29, 1.82) is 5.26 Å². The molecular formula is C20H18N4O4S3. The molecule has 31 heavy (non-hydrogen) atoms. The maximum atomic E-state index is 12.4. The number of amides is 1. The average Bonchev–Trinajstić information content (AvgIpc) is 3.37. The molecule has 0 aliphatic rings. The molecule has 11 heteroatoms. The second-order valence-electron chi connectivity index (χ2n) is 6.67. The molecule has 0 aliphatic heterocycles. The molecule has 3 rings (SSSR count). The minimum Gasteiger partial charge on any atom is -0.450 e. The van der Waals surface area contributed by atoms with E-state index in [1.54, 1.807) is 12.1 Å². The third-order valence-corrected chi connectivity index (χ3v) is 7.60. The van der Waals surface area contributed by atoms with E-state index in [1.807, 2.05) is 37.3 Å². The van der Waals surface area contributed by atoms with E-state index in [0.717, 1.165) is 22.0 Å². The topological polar surface area (TPSA) is 126 Å². The molecule has 0 radical (unpaired) electrons. The van der Waals surface area contributed by atoms with Crippen molar-refractivity contribution in [2.45, 2.75) is 41.2 Å². The van der Waals surface area contributed by atoms with Crippen LogP contribution in [0, 0.1) is 18.3 Å². The number of nitriles is 1. The molecule has 3 aromatic rings. The number of hydrogen-bond acceptors (Lipinski definition) is 9. The van der Waals surface area contributed by atoms with Crippen molar-refractivity contribution >= 4 is 50.2 Å². The zero-order valence-corrected chi connectivity index (χ0v) is 19.3. The normalized spacial score (nSPS) is 12.0. The summed E-state index contributed by atoms with van der Waals surface area (Å²) < 4.78 is 33.7. The Hall–Kier alpha value is -2.94. The van der Waals surface area contributed by atoms with E-state index in [-0.39, 0.29) is 15.9 Å². The van der Waals surface area contributed by atoms with Gasteiger partial charge in [-0.15, -0.1) is 0 Å². The molecule has 0 bridgehead atoms. The van der Waals surface area contributed by atoms with E-state index >= 15 is 0 Å². The molecule has 1 aromatic carbocycles. The lowest BCUT2D eigenvalue weighted by Gasteiger charge is -2.02. The number of nitrogens with one attached hydrogen (secondary N) is 1. The number of carbonyl (C=O) groups is 1. The zero-order chi connectivity index (χ0) is 22.6. The summed E-state index contributed by atoms with van der Waals surface area (Å²) in [6, 6.07) is 13.2. The predicted molar refractivity (Wildman–Crippen MR) is 118 cm³/mol. The molecule has 0 spiro atoms. The predicted octanol–water partition coefficient (Wildman–Crippen LogP) is 4.32. The number of aryl methyl sites for hydroxylation is 1. The van der Waals surface area contributed by atoms with Gasteiger partial charge < -0.3 is 4.42 Å². The van der Waals surface area contributed by atoms with Crippen LogP contribution in [0.1, 0.15) is 25.2 Å². The van der Waals surface area contributed by atoms with Crippen LogP contribution in [0.25, 0.3) is 6.08 Å². The highest BCUT2D eigenvalue weighted by Crippen LogP contribution is 2.30. The smallest absolute Gasteiger partial charge is 0.268 e. The van der Waals surface area contributed by atoms with E-state index < -0.39 is 21.0 Å². The van der Waals surface area contributed by atoms with Crippen LogP contribution < -0.4 is 5.32 Å². The molecule has 0 fully saturated rings. The van der Waals surface area contributed by atoms with Crippen molar-refractivity contribution < 1.29 is 17.6 Å². The van der Waals surface area contributed by atoms with Crippen molar-refractivity contribution in [3.8, 4) is 6.07 Å². The average molecular weight is 475 g/mol. The first-order chi connectivity index (χ1) is 14.7. The largest absolute Gasteiger partial charge is 0.450 e. The van der Waals surface area contributed by atoms with Crippen molar-refractivity contribution in [1.82, 2.24) is 9.36 Å². The first-order valence-corrected chi connectivity index (χ1v) is 12.2. The zero-order valence-electron chi connectivity index (χ0n) is 16.8. The summed E-state index contributed by atoms with van der Waals surface area (Å²) in [6.07, 6.45) is 1.31. The van der Waals surface area contributed by atoms with E-state index in [1.165, 1.54) is 31.7 Å². The Morgan fingerprint density at radius 1 is 1.26 bits per heavy atom. The fraction of sp³-hybridized carbons (Fsp3) is 0.200. The number of rotatable bonds is 7. The quantitative estimate of drug-likeness (QED) is 0.396. The van der Waals surface area contributed by atoms with Crippen LogP contribution >= 0.6 is 23.3 Å². The van der Waals surface area contributed by atoms with Crippen LogP contribution in [-0.2, 0) is 14.6 Å². The Morgan fingerprint density at radius 2 is 1.97 bits per heavy atom. The van der Waals surface area contributed by atoms with E-state index in [4.69, 9.17) is 4.42 Å². The second-order valence-corrected chi connectivity index (χ2v) is 10.9. The van der Waals surface area contributed by atoms with Crippen molar-refractivity contribution in [3.05, 3.63) is 53.3 Å². The highest BCUT2D eigenvalue weighted by atomic mass is 32.2. The van der Waals surface area contributed by atoms with Gasteiger partial charge in [0, 0.05) is 22.5 Å². The second kappa shape index (κ2) is 9.47. The highest BCUT2D eigenvalue weighted by Gasteiger charge is 2.25. The number of benzene rings is 1. The monoisotopic (exact) mass is 474 g/mol. The summed E-state index contributed by atoms with van der Waals surface area (Å²) in [7, 11) is -3.65. The van der Waals surface area contributed by atoms with Crippen LogP contribution in [-0.4, -0.2) is 28.9 Å². The van der Waals surface area contributed by atoms with Gasteiger partial charge in [-0.05, 0) is 45.0 Å². The molecule has 1 N–H and O–H groups in total. The summed E-state index contributed by atoms with van der Waals surface area (Å²) in [5.41, 5.74) is 0.936. The molecule has 2 heterocycles. The lowest BCUT2D eigenvalue weighted by Crippen LogP contribution is -2.16. The summed E-state index contributed by atoms with van der Waals surface area (Å²) in [4.78, 5) is 17.3. The van der Waals surface area contributed by atoms with Crippen LogP contribution in [0.4, 0.5) is 5.13 Å². The Bertz CT molecular complexity index is 1270. The molecule has 0 saturated carbocycles. The lowest BCUT2D eigenvalue weighted by atomic mass is 10.2. The van der Waals surface area contributed by atoms with Gasteiger partial charge >= 0.3 is 0 Å². The van der Waals surface area contributed by atoms with Gasteiger partial charge in [-0.2, -0.15) is 14.6 Å². The third kappa shape index (κ3) is 5.61. The molecule has 8 nitrogen and oxygen atoms in total. The minimum atomic E-state index is -3.65. The lowest BCUT2D eigenvalue weighted by molar-refractivity contribution is -0.112. The fourth-order valence-corrected chi connectivity index (χ4v) is 4.71. The van der Waals surface area contributed by atoms with Gasteiger partial charge in [0.2, 0.25) is 15.0 Å². The minimum absolute atomic E-state index is 0.0135. The number of furan rings is 1. The summed E-state index contributed by atoms with van der Waals surface area (Å²) in [6.45, 7) is 5.03. The fourth-order valence-electron chi connectivity index (χ4n) is 2.23. The van der Waals surface area contributed by atoms with E-state index in [9.17, 15) is 18.5 Å². The number of sulfone groups is 1. The Morgan fingerprint density at radius 3 is 2.61 bits per heavy atom. The Kier molecular flexibility index (Phi) is 6.94. The van der Waals surface area contributed by atoms with Gasteiger partial charge in [0.15, 0.2) is 5.09 Å². The van der Waals surface area contributed by atoms with Gasteiger partial charge in [-0.1, -0.05) is 29.5 Å². The van der Waals surface area contributed by atoms with Gasteiger partial charge in [0.1, 0.15) is 17.4 Å². The maximum Gasteiger partial charge on any atom is 0.268 e. The number of hydrogen-bond donors (Lipinski definition) is 1. The van der Waals surface area contributed by atoms with Gasteiger partial charge in [0.05, 0.1) is 5.25 Å². The molecule has 0 aliphatic carbocycles. The summed E-state index contributed by atoms with van der Waals surface area (Å²) in [5, 5.41) is 11.3. The summed E-state index contributed by atoms with van der Waals surface area (Å²) >= 11 is 2.14. The van der Waals surface area contributed by atoms with Crippen LogP contribution in [0.15, 0.2) is 61.5 Å². The highest BCUT2D eigenvalue weighted by molar-refractivity contribution is 7.99. The SMILES string of the molecule is Cc1ccc(Sc2ccc(/C=C(/C#N)C(=O)Nc3nc(S(=O)(=O)C(C)C)ns3)o2)cc1. The Balaban J connectivity index is 1.71. The number of carbonyl (C=O) groups excluding carboxylic acids is 1. The maximum absolute atomic E-state index is 12.4. The van der Waals surface area contributed by atoms with Gasteiger partial charge in [0.25, 0.3) is 11.1 Å². The molecule has 0 saturated heterocycles. The van der Waals surface area contributed by atoms with Gasteiger partial charge in [-0.3, -0.25) is 10.1 Å². The number of aromatic nitrogens is 2. The number of nitrogens with zero attached hydrogens (tertiary/aromatic N) is 3. The molecule has 0 atom stereocenters. The van der Waals surface area contributed by atoms with E-state index in [2.05, 4.69) is 14.7 Å². The van der Waals surface area contributed by atoms with E-state index in [0.29, 0.717) is 10.9 Å². The van der Waals surface area contributed by atoms with Crippen molar-refractivity contribution in [3.63, 3.8) is 0 Å². The van der Waals surface area contributed by atoms with Crippen LogP contribution in [0.3, 0.4) is 0 Å². The van der Waals surface area contributed by atoms with Gasteiger partial charge in [-0.25, -0.2) is 8.42 Å². The summed E-state index contributed by atoms with van der Waals surface area (Å²) in [5.74, 6) is -0.405. The first kappa shape index (κ1) is 22.7. The standard InChI is InChI=1S/C20H18N4O4S3/c1-12(2)31(26,27)20-23-19(30-24-20)22-18(25)14(11-21)10-15-6-9-17(28-15)29-16-7-4-13(3)5-8-16/h4-10,12H,1-3H3,(H,22,23,24,25)/b14-10-. The Labute approximate surface area is 188 Å². The molecule has 160 valence electrons. The van der Waals surface area contributed by atoms with Crippen molar-refractivity contribution in [2.24, 2.45) is 0 Å².